The highest BCUT2D eigenvalue weighted by molar-refractivity contribution is 6.27. The molecule has 1 unspecified atom stereocenters. The van der Waals surface area contributed by atoms with Crippen molar-refractivity contribution in [3.05, 3.63) is 76.6 Å². The minimum Gasteiger partial charge on any atom is -0.334 e. The first kappa shape index (κ1) is 24.8. The monoisotopic (exact) mass is 505 g/mol. The Morgan fingerprint density at radius 3 is 2.32 bits per heavy atom. The number of tetrazole rings is 1. The molecule has 0 radical (unpaired) electrons. The van der Waals surface area contributed by atoms with Crippen LogP contribution in [0.5, 0.6) is 0 Å². The van der Waals surface area contributed by atoms with Gasteiger partial charge in [-0.2, -0.15) is 18.4 Å². The number of carbonyl (C=O) groups is 1. The molecule has 2 heterocycles. The summed E-state index contributed by atoms with van der Waals surface area (Å²) in [6.07, 6.45) is 0.365. The number of amides is 1. The lowest BCUT2D eigenvalue weighted by molar-refractivity contribution is -0.201. The van der Waals surface area contributed by atoms with Crippen LogP contribution in [0.15, 0.2) is 48.5 Å². The molecule has 9 heteroatoms. The molecule has 0 bridgehead atoms. The van der Waals surface area contributed by atoms with E-state index in [2.05, 4.69) is 37.8 Å². The van der Waals surface area contributed by atoms with Gasteiger partial charge >= 0.3 is 6.18 Å². The van der Waals surface area contributed by atoms with E-state index in [1.54, 1.807) is 36.4 Å². The number of hydrogen-bond donors (Lipinski definition) is 2. The molecule has 190 valence electrons. The number of aromatic nitrogens is 4. The van der Waals surface area contributed by atoms with Gasteiger partial charge in [0.2, 0.25) is 5.82 Å². The van der Waals surface area contributed by atoms with Crippen LogP contribution >= 0.6 is 0 Å². The normalized spacial score (nSPS) is 20.8. The summed E-state index contributed by atoms with van der Waals surface area (Å²) in [7, 11) is 0. The largest absolute Gasteiger partial charge is 0.416 e. The van der Waals surface area contributed by atoms with Gasteiger partial charge in [-0.25, -0.2) is 0 Å². The SMILES string of the molecule is Cc1ccc(C2=C(c3nn[nH]n3)C(=O)NC(c3ccc(C#CC4CCCCC4)cc3)(C(F)(F)F)C2)cc1. The van der Waals surface area contributed by atoms with E-state index in [0.29, 0.717) is 17.0 Å². The molecule has 1 aliphatic carbocycles. The van der Waals surface area contributed by atoms with Crippen molar-refractivity contribution in [2.24, 2.45) is 5.92 Å². The van der Waals surface area contributed by atoms with Gasteiger partial charge < -0.3 is 5.32 Å². The summed E-state index contributed by atoms with van der Waals surface area (Å²) in [6, 6.07) is 13.0. The number of hydrogen-bond acceptors (Lipinski definition) is 4. The third kappa shape index (κ3) is 4.88. The molecule has 0 spiro atoms. The van der Waals surface area contributed by atoms with E-state index in [4.69, 9.17) is 0 Å². The lowest BCUT2D eigenvalue weighted by atomic mass is 9.76. The minimum atomic E-state index is -4.78. The van der Waals surface area contributed by atoms with Crippen molar-refractivity contribution in [1.29, 1.82) is 0 Å². The van der Waals surface area contributed by atoms with Crippen molar-refractivity contribution in [1.82, 2.24) is 25.9 Å². The molecule has 1 aromatic heterocycles. The van der Waals surface area contributed by atoms with Crippen molar-refractivity contribution in [2.45, 2.75) is 57.2 Å². The molecule has 37 heavy (non-hydrogen) atoms. The summed E-state index contributed by atoms with van der Waals surface area (Å²) in [6.45, 7) is 1.88. The molecule has 0 saturated heterocycles. The third-order valence-corrected chi connectivity index (χ3v) is 7.15. The zero-order valence-electron chi connectivity index (χ0n) is 20.3. The highest BCUT2D eigenvalue weighted by Gasteiger charge is 2.59. The number of nitrogens with one attached hydrogen (secondary N) is 2. The fourth-order valence-electron chi connectivity index (χ4n) is 5.08. The fourth-order valence-corrected chi connectivity index (χ4v) is 5.08. The molecule has 3 aromatic rings. The number of carbonyl (C=O) groups excluding carboxylic acids is 1. The highest BCUT2D eigenvalue weighted by Crippen LogP contribution is 2.49. The molecular formula is C28H26F3N5O. The zero-order valence-corrected chi connectivity index (χ0v) is 20.3. The topological polar surface area (TPSA) is 83.6 Å². The van der Waals surface area contributed by atoms with E-state index in [0.717, 1.165) is 31.2 Å². The Balaban J connectivity index is 1.56. The molecule has 1 atom stereocenters. The van der Waals surface area contributed by atoms with Crippen LogP contribution in [0.4, 0.5) is 13.2 Å². The van der Waals surface area contributed by atoms with Gasteiger partial charge in [-0.1, -0.05) is 73.1 Å². The maximum absolute atomic E-state index is 14.9. The molecule has 2 N–H and O–H groups in total. The second-order valence-corrected chi connectivity index (χ2v) is 9.67. The summed E-state index contributed by atoms with van der Waals surface area (Å²) >= 11 is 0. The van der Waals surface area contributed by atoms with Gasteiger partial charge in [0.15, 0.2) is 5.54 Å². The van der Waals surface area contributed by atoms with Crippen LogP contribution in [0.1, 0.15) is 66.6 Å². The second kappa shape index (κ2) is 9.85. The lowest BCUT2D eigenvalue weighted by Gasteiger charge is -2.41. The molecule has 6 nitrogen and oxygen atoms in total. The number of benzene rings is 2. The van der Waals surface area contributed by atoms with E-state index >= 15 is 0 Å². The van der Waals surface area contributed by atoms with E-state index < -0.39 is 24.0 Å². The molecule has 1 amide bonds. The van der Waals surface area contributed by atoms with Gasteiger partial charge in [0.1, 0.15) is 0 Å². The number of H-pyrrole nitrogens is 1. The smallest absolute Gasteiger partial charge is 0.334 e. The van der Waals surface area contributed by atoms with E-state index in [-0.39, 0.29) is 22.5 Å². The Morgan fingerprint density at radius 1 is 1.00 bits per heavy atom. The summed E-state index contributed by atoms with van der Waals surface area (Å²) < 4.78 is 44.6. The molecule has 5 rings (SSSR count). The summed E-state index contributed by atoms with van der Waals surface area (Å²) in [5.74, 6) is 5.74. The summed E-state index contributed by atoms with van der Waals surface area (Å²) in [5.41, 5.74) is -0.450. The van der Waals surface area contributed by atoms with E-state index in [9.17, 15) is 18.0 Å². The van der Waals surface area contributed by atoms with Crippen LogP contribution in [0.25, 0.3) is 11.1 Å². The number of aryl methyl sites for hydroxylation is 1. The van der Waals surface area contributed by atoms with Crippen molar-refractivity contribution in [3.63, 3.8) is 0 Å². The van der Waals surface area contributed by atoms with Crippen molar-refractivity contribution in [2.75, 3.05) is 0 Å². The van der Waals surface area contributed by atoms with E-state index in [1.807, 2.05) is 6.92 Å². The molecule has 1 aliphatic heterocycles. The predicted molar refractivity (Wildman–Crippen MR) is 133 cm³/mol. The van der Waals surface area contributed by atoms with Crippen LogP contribution in [-0.2, 0) is 10.3 Å². The number of rotatable bonds is 3. The van der Waals surface area contributed by atoms with Crippen LogP contribution in [0.2, 0.25) is 0 Å². The maximum Gasteiger partial charge on any atom is 0.416 e. The number of alkyl halides is 3. The van der Waals surface area contributed by atoms with Gasteiger partial charge in [0, 0.05) is 17.9 Å². The molecular weight excluding hydrogens is 479 g/mol. The lowest BCUT2D eigenvalue weighted by Crippen LogP contribution is -2.58. The first-order valence-electron chi connectivity index (χ1n) is 12.3. The molecule has 1 fully saturated rings. The van der Waals surface area contributed by atoms with Crippen molar-refractivity contribution >= 4 is 17.1 Å². The molecule has 2 aromatic carbocycles. The van der Waals surface area contributed by atoms with Gasteiger partial charge in [0.25, 0.3) is 5.91 Å². The first-order chi connectivity index (χ1) is 17.8. The van der Waals surface area contributed by atoms with Crippen LogP contribution in [0.3, 0.4) is 0 Å². The van der Waals surface area contributed by atoms with Gasteiger partial charge in [-0.15, -0.1) is 10.2 Å². The van der Waals surface area contributed by atoms with Crippen LogP contribution < -0.4 is 5.32 Å². The van der Waals surface area contributed by atoms with Crippen LogP contribution in [-0.4, -0.2) is 32.7 Å². The predicted octanol–water partition coefficient (Wildman–Crippen LogP) is 5.33. The average molecular weight is 506 g/mol. The Morgan fingerprint density at radius 2 is 1.70 bits per heavy atom. The maximum atomic E-state index is 14.9. The van der Waals surface area contributed by atoms with Gasteiger partial charge in [0.05, 0.1) is 5.57 Å². The van der Waals surface area contributed by atoms with E-state index in [1.165, 1.54) is 18.6 Å². The highest BCUT2D eigenvalue weighted by atomic mass is 19.4. The number of halogens is 3. The Bertz CT molecular complexity index is 1360. The van der Waals surface area contributed by atoms with Gasteiger partial charge in [-0.3, -0.25) is 4.79 Å². The van der Waals surface area contributed by atoms with Crippen LogP contribution in [0, 0.1) is 24.7 Å². The average Bonchev–Trinajstić information content (AvgIpc) is 3.42. The van der Waals surface area contributed by atoms with Crippen molar-refractivity contribution < 1.29 is 18.0 Å². The third-order valence-electron chi connectivity index (χ3n) is 7.15. The Kier molecular flexibility index (Phi) is 6.59. The standard InChI is InChI=1S/C28H26F3N5O/c1-18-7-13-21(14-8-18)23-17-27(28(29,30)31,32-26(37)24(23)25-33-35-36-34-25)22-15-11-20(12-16-22)10-9-19-5-3-2-4-6-19/h7-8,11-16,19H,2-6,17H2,1H3,(H,32,37)(H,33,34,35,36). The Hall–Kier alpha value is -3.93. The molecule has 2 aliphatic rings. The second-order valence-electron chi connectivity index (χ2n) is 9.67. The summed E-state index contributed by atoms with van der Waals surface area (Å²) in [4.78, 5) is 13.3. The number of nitrogens with zero attached hydrogens (tertiary/aromatic N) is 3. The number of aromatic amines is 1. The first-order valence-corrected chi connectivity index (χ1v) is 12.3. The van der Waals surface area contributed by atoms with Gasteiger partial charge in [-0.05, 0) is 53.8 Å². The van der Waals surface area contributed by atoms with Crippen molar-refractivity contribution in [3.8, 4) is 11.8 Å². The summed E-state index contributed by atoms with van der Waals surface area (Å²) in [5, 5.41) is 15.8. The minimum absolute atomic E-state index is 0.0348. The fraction of sp³-hybridized carbons (Fsp3) is 0.357. The zero-order chi connectivity index (χ0) is 26.0. The molecule has 1 saturated carbocycles. The quantitative estimate of drug-likeness (QED) is 0.472. The Labute approximate surface area is 212 Å².